The Morgan fingerprint density at radius 1 is 0.971 bits per heavy atom. The van der Waals surface area contributed by atoms with Gasteiger partial charge in [0.2, 0.25) is 5.91 Å². The molecular formula is C27H35F3N4O. The van der Waals surface area contributed by atoms with Crippen LogP contribution in [0.4, 0.5) is 18.9 Å². The van der Waals surface area contributed by atoms with Crippen molar-refractivity contribution >= 4 is 11.6 Å². The van der Waals surface area contributed by atoms with Crippen molar-refractivity contribution in [3.05, 3.63) is 65.7 Å². The van der Waals surface area contributed by atoms with Crippen LogP contribution in [0.2, 0.25) is 0 Å². The molecule has 2 saturated heterocycles. The summed E-state index contributed by atoms with van der Waals surface area (Å²) in [6, 6.07) is 15.8. The van der Waals surface area contributed by atoms with Gasteiger partial charge in [0.05, 0.1) is 12.1 Å². The molecule has 2 heterocycles. The number of hydrogen-bond donors (Lipinski definition) is 1. The Kier molecular flexibility index (Phi) is 7.71. The number of hydrogen-bond acceptors (Lipinski definition) is 4. The van der Waals surface area contributed by atoms with Crippen LogP contribution in [0.3, 0.4) is 0 Å². The minimum Gasteiger partial charge on any atom is -0.369 e. The number of carbonyl (C=O) groups is 1. The molecule has 0 bridgehead atoms. The number of rotatable bonds is 6. The number of piperidine rings is 1. The monoisotopic (exact) mass is 488 g/mol. The van der Waals surface area contributed by atoms with Crippen LogP contribution < -0.4 is 10.6 Å². The van der Waals surface area contributed by atoms with E-state index in [4.69, 9.17) is 5.73 Å². The van der Waals surface area contributed by atoms with Crippen molar-refractivity contribution < 1.29 is 18.0 Å². The number of amides is 1. The standard InChI is InChI=1S/C27H35F3N4O/c1-21(31)19-26(22-6-5-7-23(18-22)27(28,29)30)10-12-34(13-11-26)25(35)20-32-14-16-33(17-15-32)24-8-3-2-4-9-24/h2-9,18,21H,10-17,19-20,31H2,1H3. The molecule has 2 aromatic rings. The van der Waals surface area contributed by atoms with Crippen LogP contribution in [0.15, 0.2) is 54.6 Å². The zero-order valence-electron chi connectivity index (χ0n) is 20.3. The summed E-state index contributed by atoms with van der Waals surface area (Å²) in [5.41, 5.74) is 6.92. The third-order valence-electron chi connectivity index (χ3n) is 7.44. The number of nitrogens with zero attached hydrogens (tertiary/aromatic N) is 3. The molecule has 0 aromatic heterocycles. The molecular weight excluding hydrogens is 453 g/mol. The van der Waals surface area contributed by atoms with Gasteiger partial charge in [-0.3, -0.25) is 9.69 Å². The maximum Gasteiger partial charge on any atom is 0.416 e. The second-order valence-electron chi connectivity index (χ2n) is 10.0. The van der Waals surface area contributed by atoms with E-state index in [1.807, 2.05) is 30.0 Å². The minimum absolute atomic E-state index is 0.0941. The summed E-state index contributed by atoms with van der Waals surface area (Å²) in [5, 5.41) is 0. The van der Waals surface area contributed by atoms with E-state index in [1.165, 1.54) is 17.8 Å². The zero-order chi connectivity index (χ0) is 25.1. The highest BCUT2D eigenvalue weighted by molar-refractivity contribution is 5.78. The quantitative estimate of drug-likeness (QED) is 0.665. The first-order chi connectivity index (χ1) is 16.7. The number of halogens is 3. The number of anilines is 1. The van der Waals surface area contributed by atoms with Gasteiger partial charge in [-0.15, -0.1) is 0 Å². The van der Waals surface area contributed by atoms with E-state index in [-0.39, 0.29) is 11.9 Å². The number of likely N-dealkylation sites (tertiary alicyclic amines) is 1. The Labute approximate surface area is 205 Å². The van der Waals surface area contributed by atoms with Gasteiger partial charge >= 0.3 is 6.18 Å². The molecule has 1 amide bonds. The van der Waals surface area contributed by atoms with E-state index in [0.717, 1.165) is 32.2 Å². The Bertz CT molecular complexity index is 979. The number of para-hydroxylation sites is 1. The third-order valence-corrected chi connectivity index (χ3v) is 7.44. The van der Waals surface area contributed by atoms with Gasteiger partial charge in [0, 0.05) is 56.4 Å². The number of carbonyl (C=O) groups excluding carboxylic acids is 1. The Balaban J connectivity index is 1.36. The average molecular weight is 489 g/mol. The lowest BCUT2D eigenvalue weighted by molar-refractivity contribution is -0.137. The van der Waals surface area contributed by atoms with Crippen molar-refractivity contribution in [2.75, 3.05) is 50.7 Å². The fraction of sp³-hybridized carbons (Fsp3) is 0.519. The average Bonchev–Trinajstić information content (AvgIpc) is 2.84. The van der Waals surface area contributed by atoms with Crippen LogP contribution >= 0.6 is 0 Å². The molecule has 2 fully saturated rings. The largest absolute Gasteiger partial charge is 0.416 e. The first kappa shape index (κ1) is 25.5. The Hall–Kier alpha value is -2.58. The number of benzene rings is 2. The highest BCUT2D eigenvalue weighted by atomic mass is 19.4. The third kappa shape index (κ3) is 6.16. The molecule has 2 aliphatic rings. The van der Waals surface area contributed by atoms with E-state index in [1.54, 1.807) is 6.07 Å². The fourth-order valence-corrected chi connectivity index (χ4v) is 5.53. The zero-order valence-corrected chi connectivity index (χ0v) is 20.3. The van der Waals surface area contributed by atoms with Crippen molar-refractivity contribution in [3.63, 3.8) is 0 Å². The van der Waals surface area contributed by atoms with E-state index < -0.39 is 17.2 Å². The first-order valence-corrected chi connectivity index (χ1v) is 12.4. The highest BCUT2D eigenvalue weighted by Gasteiger charge is 2.40. The van der Waals surface area contributed by atoms with Gasteiger partial charge in [-0.2, -0.15) is 13.2 Å². The predicted molar refractivity (Wildman–Crippen MR) is 132 cm³/mol. The predicted octanol–water partition coefficient (Wildman–Crippen LogP) is 4.13. The second-order valence-corrected chi connectivity index (χ2v) is 10.0. The van der Waals surface area contributed by atoms with Gasteiger partial charge in [-0.05, 0) is 49.9 Å². The van der Waals surface area contributed by atoms with E-state index in [9.17, 15) is 18.0 Å². The normalized spacial score (nSPS) is 20.0. The van der Waals surface area contributed by atoms with Gasteiger partial charge < -0.3 is 15.5 Å². The summed E-state index contributed by atoms with van der Waals surface area (Å²) in [6.07, 6.45) is -2.56. The van der Waals surface area contributed by atoms with Crippen molar-refractivity contribution in [3.8, 4) is 0 Å². The maximum absolute atomic E-state index is 13.3. The molecule has 190 valence electrons. The van der Waals surface area contributed by atoms with Crippen LogP contribution in [0.5, 0.6) is 0 Å². The van der Waals surface area contributed by atoms with E-state index in [2.05, 4.69) is 21.9 Å². The Morgan fingerprint density at radius 2 is 1.63 bits per heavy atom. The second kappa shape index (κ2) is 10.6. The topological polar surface area (TPSA) is 52.8 Å². The summed E-state index contributed by atoms with van der Waals surface area (Å²) >= 11 is 0. The lowest BCUT2D eigenvalue weighted by Crippen LogP contribution is -2.52. The molecule has 0 aliphatic carbocycles. The molecule has 1 atom stereocenters. The van der Waals surface area contributed by atoms with Crippen LogP contribution in [-0.4, -0.2) is 67.6 Å². The molecule has 2 N–H and O–H groups in total. The Morgan fingerprint density at radius 3 is 2.23 bits per heavy atom. The molecule has 8 heteroatoms. The van der Waals surface area contributed by atoms with Crippen molar-refractivity contribution in [2.45, 2.75) is 43.8 Å². The smallest absolute Gasteiger partial charge is 0.369 e. The van der Waals surface area contributed by atoms with Gasteiger partial charge in [-0.25, -0.2) is 0 Å². The summed E-state index contributed by atoms with van der Waals surface area (Å²) in [7, 11) is 0. The maximum atomic E-state index is 13.3. The van der Waals surface area contributed by atoms with Gasteiger partial charge in [0.15, 0.2) is 0 Å². The molecule has 2 aliphatic heterocycles. The van der Waals surface area contributed by atoms with Gasteiger partial charge in [0.25, 0.3) is 0 Å². The fourth-order valence-electron chi connectivity index (χ4n) is 5.53. The number of nitrogens with two attached hydrogens (primary N) is 1. The minimum atomic E-state index is -4.38. The lowest BCUT2D eigenvalue weighted by atomic mass is 9.68. The SMILES string of the molecule is CC(N)CC1(c2cccc(C(F)(F)F)c2)CCN(C(=O)CN2CCN(c3ccccc3)CC2)CC1. The van der Waals surface area contributed by atoms with Gasteiger partial charge in [-0.1, -0.05) is 36.4 Å². The molecule has 0 spiro atoms. The number of alkyl halides is 3. The van der Waals surface area contributed by atoms with Crippen LogP contribution in [0, 0.1) is 0 Å². The molecule has 2 aromatic carbocycles. The molecule has 4 rings (SSSR count). The van der Waals surface area contributed by atoms with E-state index >= 15 is 0 Å². The summed E-state index contributed by atoms with van der Waals surface area (Å²) in [6.45, 7) is 6.75. The lowest BCUT2D eigenvalue weighted by Gasteiger charge is -2.44. The number of piperazine rings is 1. The first-order valence-electron chi connectivity index (χ1n) is 12.4. The molecule has 1 unspecified atom stereocenters. The van der Waals surface area contributed by atoms with Crippen molar-refractivity contribution in [1.29, 1.82) is 0 Å². The van der Waals surface area contributed by atoms with Crippen molar-refractivity contribution in [2.24, 2.45) is 5.73 Å². The summed E-state index contributed by atoms with van der Waals surface area (Å²) in [4.78, 5) is 19.5. The molecule has 35 heavy (non-hydrogen) atoms. The van der Waals surface area contributed by atoms with E-state index in [0.29, 0.717) is 44.5 Å². The van der Waals surface area contributed by atoms with Crippen LogP contribution in [0.1, 0.15) is 37.3 Å². The summed E-state index contributed by atoms with van der Waals surface area (Å²) in [5.74, 6) is 0.0941. The van der Waals surface area contributed by atoms with Crippen molar-refractivity contribution in [1.82, 2.24) is 9.80 Å². The molecule has 0 saturated carbocycles. The van der Waals surface area contributed by atoms with Gasteiger partial charge in [0.1, 0.15) is 0 Å². The van der Waals surface area contributed by atoms with Crippen LogP contribution in [0.25, 0.3) is 0 Å². The molecule has 5 nitrogen and oxygen atoms in total. The summed E-state index contributed by atoms with van der Waals surface area (Å²) < 4.78 is 40.0. The highest BCUT2D eigenvalue weighted by Crippen LogP contribution is 2.41. The molecule has 0 radical (unpaired) electrons. The van der Waals surface area contributed by atoms with Crippen LogP contribution in [-0.2, 0) is 16.4 Å².